The summed E-state index contributed by atoms with van der Waals surface area (Å²) >= 11 is 1.54. The lowest BCUT2D eigenvalue weighted by molar-refractivity contribution is 0.281. The SMILES string of the molecule is CCC(N)C(CO)Sc1ccccn1. The second-order valence-electron chi connectivity index (χ2n) is 3.08. The summed E-state index contributed by atoms with van der Waals surface area (Å²) in [5, 5.41) is 10.1. The molecule has 0 fully saturated rings. The lowest BCUT2D eigenvalue weighted by Gasteiger charge is -2.19. The van der Waals surface area contributed by atoms with Crippen LogP contribution in [0.15, 0.2) is 29.4 Å². The number of hydrogen-bond acceptors (Lipinski definition) is 4. The van der Waals surface area contributed by atoms with Crippen LogP contribution in [0.3, 0.4) is 0 Å². The molecule has 0 bridgehead atoms. The van der Waals surface area contributed by atoms with Crippen molar-refractivity contribution in [2.24, 2.45) is 5.73 Å². The molecule has 1 heterocycles. The van der Waals surface area contributed by atoms with Crippen LogP contribution in [0.5, 0.6) is 0 Å². The van der Waals surface area contributed by atoms with Gasteiger partial charge in [0.2, 0.25) is 0 Å². The van der Waals surface area contributed by atoms with Crippen molar-refractivity contribution >= 4 is 11.8 Å². The second kappa shape index (κ2) is 6.01. The number of thioether (sulfide) groups is 1. The van der Waals surface area contributed by atoms with Crippen LogP contribution in [0.4, 0.5) is 0 Å². The van der Waals surface area contributed by atoms with Gasteiger partial charge in [-0.05, 0) is 18.6 Å². The zero-order valence-corrected chi connectivity index (χ0v) is 9.07. The summed E-state index contributed by atoms with van der Waals surface area (Å²) in [6, 6.07) is 5.75. The average Bonchev–Trinajstić information content (AvgIpc) is 2.26. The van der Waals surface area contributed by atoms with Gasteiger partial charge in [0.05, 0.1) is 11.6 Å². The van der Waals surface area contributed by atoms with Gasteiger partial charge in [-0.1, -0.05) is 24.8 Å². The van der Waals surface area contributed by atoms with Gasteiger partial charge in [-0.15, -0.1) is 0 Å². The van der Waals surface area contributed by atoms with E-state index in [0.29, 0.717) is 0 Å². The Morgan fingerprint density at radius 1 is 1.57 bits per heavy atom. The summed E-state index contributed by atoms with van der Waals surface area (Å²) in [7, 11) is 0. The van der Waals surface area contributed by atoms with E-state index in [0.717, 1.165) is 11.4 Å². The van der Waals surface area contributed by atoms with Crippen LogP contribution in [0.1, 0.15) is 13.3 Å². The number of rotatable bonds is 5. The third-order valence-corrected chi connectivity index (χ3v) is 3.32. The Labute approximate surface area is 88.7 Å². The average molecular weight is 212 g/mol. The molecule has 1 aromatic rings. The maximum absolute atomic E-state index is 9.16. The maximum Gasteiger partial charge on any atom is 0.0963 e. The third kappa shape index (κ3) is 3.29. The minimum atomic E-state index is 0.0204. The molecule has 4 heteroatoms. The molecule has 0 spiro atoms. The molecular formula is C10H16N2OS. The fourth-order valence-electron chi connectivity index (χ4n) is 1.09. The van der Waals surface area contributed by atoms with Crippen LogP contribution in [0, 0.1) is 0 Å². The van der Waals surface area contributed by atoms with Crippen LogP contribution in [-0.2, 0) is 0 Å². The number of aliphatic hydroxyl groups is 1. The zero-order valence-electron chi connectivity index (χ0n) is 8.26. The Bertz CT molecular complexity index is 256. The molecule has 3 nitrogen and oxygen atoms in total. The number of hydrogen-bond donors (Lipinski definition) is 2. The first-order valence-corrected chi connectivity index (χ1v) is 5.60. The molecule has 78 valence electrons. The highest BCUT2D eigenvalue weighted by Gasteiger charge is 2.16. The van der Waals surface area contributed by atoms with Gasteiger partial charge >= 0.3 is 0 Å². The smallest absolute Gasteiger partial charge is 0.0963 e. The molecule has 0 aliphatic carbocycles. The van der Waals surface area contributed by atoms with E-state index in [9.17, 15) is 0 Å². The van der Waals surface area contributed by atoms with E-state index in [-0.39, 0.29) is 17.9 Å². The van der Waals surface area contributed by atoms with Crippen LogP contribution < -0.4 is 5.73 Å². The van der Waals surface area contributed by atoms with E-state index >= 15 is 0 Å². The van der Waals surface area contributed by atoms with Gasteiger partial charge in [0.15, 0.2) is 0 Å². The highest BCUT2D eigenvalue weighted by molar-refractivity contribution is 7.99. The minimum absolute atomic E-state index is 0.0204. The topological polar surface area (TPSA) is 59.1 Å². The molecule has 2 atom stereocenters. The summed E-state index contributed by atoms with van der Waals surface area (Å²) in [6.07, 6.45) is 2.61. The first-order valence-electron chi connectivity index (χ1n) is 4.72. The number of aromatic nitrogens is 1. The second-order valence-corrected chi connectivity index (χ2v) is 4.34. The van der Waals surface area contributed by atoms with Crippen molar-refractivity contribution in [1.29, 1.82) is 0 Å². The summed E-state index contributed by atoms with van der Waals surface area (Å²) < 4.78 is 0. The van der Waals surface area contributed by atoms with Crippen LogP contribution in [0.2, 0.25) is 0 Å². The molecule has 1 rings (SSSR count). The van der Waals surface area contributed by atoms with Gasteiger partial charge in [-0.25, -0.2) is 4.98 Å². The highest BCUT2D eigenvalue weighted by atomic mass is 32.2. The monoisotopic (exact) mass is 212 g/mol. The van der Waals surface area contributed by atoms with Crippen molar-refractivity contribution in [1.82, 2.24) is 4.98 Å². The van der Waals surface area contributed by atoms with Crippen LogP contribution in [-0.4, -0.2) is 28.0 Å². The number of pyridine rings is 1. The van der Waals surface area contributed by atoms with Gasteiger partial charge in [-0.3, -0.25) is 0 Å². The molecule has 14 heavy (non-hydrogen) atoms. The number of aliphatic hydroxyl groups excluding tert-OH is 1. The molecule has 3 N–H and O–H groups in total. The van der Waals surface area contributed by atoms with Crippen molar-refractivity contribution in [3.8, 4) is 0 Å². The van der Waals surface area contributed by atoms with Crippen molar-refractivity contribution in [3.05, 3.63) is 24.4 Å². The predicted octanol–water partition coefficient (Wildman–Crippen LogP) is 1.27. The van der Waals surface area contributed by atoms with Crippen LogP contribution in [0.25, 0.3) is 0 Å². The van der Waals surface area contributed by atoms with E-state index in [4.69, 9.17) is 10.8 Å². The van der Waals surface area contributed by atoms with E-state index in [1.807, 2.05) is 25.1 Å². The summed E-state index contributed by atoms with van der Waals surface area (Å²) in [5.41, 5.74) is 5.87. The minimum Gasteiger partial charge on any atom is -0.395 e. The van der Waals surface area contributed by atoms with Gasteiger partial charge in [0, 0.05) is 17.5 Å². The Kier molecular flexibility index (Phi) is 4.93. The van der Waals surface area contributed by atoms with Gasteiger partial charge in [-0.2, -0.15) is 0 Å². The molecule has 0 aliphatic rings. The van der Waals surface area contributed by atoms with Gasteiger partial charge in [0.25, 0.3) is 0 Å². The fraction of sp³-hybridized carbons (Fsp3) is 0.500. The molecule has 0 amide bonds. The van der Waals surface area contributed by atoms with Crippen molar-refractivity contribution in [2.75, 3.05) is 6.61 Å². The lowest BCUT2D eigenvalue weighted by Crippen LogP contribution is -2.34. The lowest BCUT2D eigenvalue weighted by atomic mass is 10.2. The van der Waals surface area contributed by atoms with E-state index < -0.39 is 0 Å². The normalized spacial score (nSPS) is 15.1. The number of nitrogens with zero attached hydrogens (tertiary/aromatic N) is 1. The molecule has 0 aliphatic heterocycles. The van der Waals surface area contributed by atoms with Crippen molar-refractivity contribution in [3.63, 3.8) is 0 Å². The van der Waals surface area contributed by atoms with Gasteiger partial charge in [0.1, 0.15) is 0 Å². The molecule has 2 unspecified atom stereocenters. The number of nitrogens with two attached hydrogens (primary N) is 1. The highest BCUT2D eigenvalue weighted by Crippen LogP contribution is 2.23. The Balaban J connectivity index is 2.57. The summed E-state index contributed by atoms with van der Waals surface area (Å²) in [4.78, 5) is 4.18. The van der Waals surface area contributed by atoms with Crippen LogP contribution >= 0.6 is 11.8 Å². The van der Waals surface area contributed by atoms with Crippen molar-refractivity contribution in [2.45, 2.75) is 29.7 Å². The molecule has 1 aromatic heterocycles. The van der Waals surface area contributed by atoms with Gasteiger partial charge < -0.3 is 10.8 Å². The van der Waals surface area contributed by atoms with E-state index in [1.165, 1.54) is 11.8 Å². The van der Waals surface area contributed by atoms with E-state index in [1.54, 1.807) is 6.20 Å². The van der Waals surface area contributed by atoms with E-state index in [2.05, 4.69) is 4.98 Å². The summed E-state index contributed by atoms with van der Waals surface area (Å²) in [6.45, 7) is 2.11. The largest absolute Gasteiger partial charge is 0.395 e. The Morgan fingerprint density at radius 2 is 2.36 bits per heavy atom. The molecule has 0 saturated heterocycles. The molecule has 0 saturated carbocycles. The first-order chi connectivity index (χ1) is 6.77. The zero-order chi connectivity index (χ0) is 10.4. The predicted molar refractivity (Wildman–Crippen MR) is 59.2 cm³/mol. The Morgan fingerprint density at radius 3 is 2.86 bits per heavy atom. The maximum atomic E-state index is 9.16. The quantitative estimate of drug-likeness (QED) is 0.722. The first kappa shape index (κ1) is 11.5. The molecule has 0 aromatic carbocycles. The Hall–Kier alpha value is -0.580. The fourth-order valence-corrected chi connectivity index (χ4v) is 2.13. The summed E-state index contributed by atoms with van der Waals surface area (Å²) in [5.74, 6) is 0. The molecular weight excluding hydrogens is 196 g/mol. The van der Waals surface area contributed by atoms with Crippen molar-refractivity contribution < 1.29 is 5.11 Å². The third-order valence-electron chi connectivity index (χ3n) is 2.04. The molecule has 0 radical (unpaired) electrons. The standard InChI is InChI=1S/C10H16N2OS/c1-2-8(11)9(7-13)14-10-5-3-4-6-12-10/h3-6,8-9,13H,2,7,11H2,1H3.